The van der Waals surface area contributed by atoms with Crippen molar-refractivity contribution < 1.29 is 4.74 Å². The van der Waals surface area contributed by atoms with Crippen LogP contribution in [0.1, 0.15) is 5.56 Å². The third kappa shape index (κ3) is 2.37. The molecule has 0 fully saturated rings. The first-order chi connectivity index (χ1) is 8.11. The molecule has 2 rings (SSSR count). The summed E-state index contributed by atoms with van der Waals surface area (Å²) in [5.41, 5.74) is 9.84. The van der Waals surface area contributed by atoms with Gasteiger partial charge < -0.3 is 10.5 Å². The Balaban J connectivity index is 2.56. The topological polar surface area (TPSA) is 35.2 Å². The minimum absolute atomic E-state index is 0.685. The molecule has 0 amide bonds. The van der Waals surface area contributed by atoms with Gasteiger partial charge in [0.15, 0.2) is 0 Å². The molecule has 0 unspecified atom stereocenters. The van der Waals surface area contributed by atoms with Crippen molar-refractivity contribution in [3.8, 4) is 16.9 Å². The normalized spacial score (nSPS) is 10.3. The highest BCUT2D eigenvalue weighted by Crippen LogP contribution is 2.32. The molecular formula is C14H14ClNO. The highest BCUT2D eigenvalue weighted by molar-refractivity contribution is 6.31. The van der Waals surface area contributed by atoms with E-state index in [-0.39, 0.29) is 0 Å². The number of nitrogens with two attached hydrogens (primary N) is 1. The van der Waals surface area contributed by atoms with E-state index < -0.39 is 0 Å². The summed E-state index contributed by atoms with van der Waals surface area (Å²) in [5.74, 6) is 0.840. The molecular weight excluding hydrogens is 234 g/mol. The number of rotatable bonds is 2. The van der Waals surface area contributed by atoms with Gasteiger partial charge in [0.05, 0.1) is 7.11 Å². The van der Waals surface area contributed by atoms with Gasteiger partial charge in [0.2, 0.25) is 0 Å². The molecule has 0 aliphatic carbocycles. The molecule has 0 atom stereocenters. The molecule has 0 bridgehead atoms. The van der Waals surface area contributed by atoms with E-state index in [0.717, 1.165) is 28.1 Å². The lowest BCUT2D eigenvalue weighted by Crippen LogP contribution is -1.92. The van der Waals surface area contributed by atoms with Crippen LogP contribution in [0.2, 0.25) is 5.02 Å². The number of aryl methyl sites for hydroxylation is 1. The zero-order valence-electron chi connectivity index (χ0n) is 9.83. The monoisotopic (exact) mass is 247 g/mol. The number of benzene rings is 2. The third-order valence-electron chi connectivity index (χ3n) is 2.74. The Morgan fingerprint density at radius 2 is 1.82 bits per heavy atom. The number of anilines is 1. The Labute approximate surface area is 106 Å². The van der Waals surface area contributed by atoms with E-state index in [1.165, 1.54) is 0 Å². The van der Waals surface area contributed by atoms with Crippen molar-refractivity contribution in [2.75, 3.05) is 12.8 Å². The average molecular weight is 248 g/mol. The fourth-order valence-corrected chi connectivity index (χ4v) is 2.00. The standard InChI is InChI=1S/C14H14ClNO/c1-9-7-11(17-2)4-5-12(9)13-8-10(15)3-6-14(13)16/h3-8H,16H2,1-2H3. The van der Waals surface area contributed by atoms with Crippen LogP contribution in [0, 0.1) is 6.92 Å². The summed E-state index contributed by atoms with van der Waals surface area (Å²) in [6, 6.07) is 11.4. The number of ether oxygens (including phenoxy) is 1. The summed E-state index contributed by atoms with van der Waals surface area (Å²) >= 11 is 6.00. The van der Waals surface area contributed by atoms with Gasteiger partial charge in [-0.25, -0.2) is 0 Å². The van der Waals surface area contributed by atoms with E-state index in [4.69, 9.17) is 22.1 Å². The predicted octanol–water partition coefficient (Wildman–Crippen LogP) is 3.91. The number of methoxy groups -OCH3 is 1. The van der Waals surface area contributed by atoms with Crippen LogP contribution >= 0.6 is 11.6 Å². The van der Waals surface area contributed by atoms with Gasteiger partial charge in [-0.05, 0) is 48.4 Å². The van der Waals surface area contributed by atoms with Crippen molar-refractivity contribution in [2.45, 2.75) is 6.92 Å². The van der Waals surface area contributed by atoms with Crippen molar-refractivity contribution in [1.82, 2.24) is 0 Å². The lowest BCUT2D eigenvalue weighted by molar-refractivity contribution is 0.414. The highest BCUT2D eigenvalue weighted by atomic mass is 35.5. The Bertz CT molecular complexity index is 552. The van der Waals surface area contributed by atoms with Crippen molar-refractivity contribution in [1.29, 1.82) is 0 Å². The van der Waals surface area contributed by atoms with Crippen molar-refractivity contribution in [2.24, 2.45) is 0 Å². The average Bonchev–Trinajstić information content (AvgIpc) is 2.32. The lowest BCUT2D eigenvalue weighted by atomic mass is 9.99. The molecule has 2 nitrogen and oxygen atoms in total. The van der Waals surface area contributed by atoms with Crippen LogP contribution in [-0.4, -0.2) is 7.11 Å². The summed E-state index contributed by atoms with van der Waals surface area (Å²) in [5, 5.41) is 0.685. The lowest BCUT2D eigenvalue weighted by Gasteiger charge is -2.11. The van der Waals surface area contributed by atoms with E-state index in [9.17, 15) is 0 Å². The van der Waals surface area contributed by atoms with Gasteiger partial charge in [0.25, 0.3) is 0 Å². The second kappa shape index (κ2) is 4.68. The molecule has 0 spiro atoms. The maximum Gasteiger partial charge on any atom is 0.119 e. The molecule has 0 saturated heterocycles. The first-order valence-electron chi connectivity index (χ1n) is 5.32. The van der Waals surface area contributed by atoms with E-state index in [2.05, 4.69) is 0 Å². The molecule has 0 aliphatic heterocycles. The molecule has 0 aromatic heterocycles. The zero-order valence-corrected chi connectivity index (χ0v) is 10.6. The van der Waals surface area contributed by atoms with Crippen molar-refractivity contribution in [3.05, 3.63) is 47.0 Å². The minimum atomic E-state index is 0.685. The number of hydrogen-bond acceptors (Lipinski definition) is 2. The van der Waals surface area contributed by atoms with Crippen molar-refractivity contribution >= 4 is 17.3 Å². The van der Waals surface area contributed by atoms with Crippen LogP contribution in [0.4, 0.5) is 5.69 Å². The summed E-state index contributed by atoms with van der Waals surface area (Å²) in [6.07, 6.45) is 0. The van der Waals surface area contributed by atoms with Crippen LogP contribution in [-0.2, 0) is 0 Å². The fourth-order valence-electron chi connectivity index (χ4n) is 1.83. The van der Waals surface area contributed by atoms with Gasteiger partial charge in [-0.1, -0.05) is 17.7 Å². The van der Waals surface area contributed by atoms with Gasteiger partial charge in [0, 0.05) is 16.3 Å². The first-order valence-corrected chi connectivity index (χ1v) is 5.69. The SMILES string of the molecule is COc1ccc(-c2cc(Cl)ccc2N)c(C)c1. The maximum absolute atomic E-state index is 6.00. The summed E-state index contributed by atoms with van der Waals surface area (Å²) < 4.78 is 5.18. The van der Waals surface area contributed by atoms with Crippen molar-refractivity contribution in [3.63, 3.8) is 0 Å². The molecule has 88 valence electrons. The van der Waals surface area contributed by atoms with E-state index >= 15 is 0 Å². The first kappa shape index (κ1) is 11.8. The fraction of sp³-hybridized carbons (Fsp3) is 0.143. The molecule has 0 saturated carbocycles. The highest BCUT2D eigenvalue weighted by Gasteiger charge is 2.07. The number of hydrogen-bond donors (Lipinski definition) is 1. The van der Waals surface area contributed by atoms with Crippen LogP contribution in [0.3, 0.4) is 0 Å². The van der Waals surface area contributed by atoms with Gasteiger partial charge in [-0.15, -0.1) is 0 Å². The van der Waals surface area contributed by atoms with Gasteiger partial charge >= 0.3 is 0 Å². The molecule has 2 aromatic carbocycles. The smallest absolute Gasteiger partial charge is 0.119 e. The molecule has 0 aliphatic rings. The Kier molecular flexibility index (Phi) is 3.25. The van der Waals surface area contributed by atoms with Gasteiger partial charge in [0.1, 0.15) is 5.75 Å². The molecule has 3 heteroatoms. The molecule has 0 heterocycles. The van der Waals surface area contributed by atoms with Crippen LogP contribution in [0.15, 0.2) is 36.4 Å². The van der Waals surface area contributed by atoms with Gasteiger partial charge in [-0.3, -0.25) is 0 Å². The van der Waals surface area contributed by atoms with Crippen LogP contribution in [0.5, 0.6) is 5.75 Å². The zero-order chi connectivity index (χ0) is 12.4. The molecule has 17 heavy (non-hydrogen) atoms. The second-order valence-electron chi connectivity index (χ2n) is 3.91. The Morgan fingerprint density at radius 1 is 1.06 bits per heavy atom. The molecule has 2 N–H and O–H groups in total. The van der Waals surface area contributed by atoms with E-state index in [0.29, 0.717) is 5.02 Å². The third-order valence-corrected chi connectivity index (χ3v) is 2.97. The minimum Gasteiger partial charge on any atom is -0.497 e. The quantitative estimate of drug-likeness (QED) is 0.817. The summed E-state index contributed by atoms with van der Waals surface area (Å²) in [6.45, 7) is 2.03. The molecule has 2 aromatic rings. The van der Waals surface area contributed by atoms with Crippen LogP contribution in [0.25, 0.3) is 11.1 Å². The Hall–Kier alpha value is -1.67. The Morgan fingerprint density at radius 3 is 2.47 bits per heavy atom. The van der Waals surface area contributed by atoms with Gasteiger partial charge in [-0.2, -0.15) is 0 Å². The maximum atomic E-state index is 6.00. The largest absolute Gasteiger partial charge is 0.497 e. The second-order valence-corrected chi connectivity index (χ2v) is 4.35. The van der Waals surface area contributed by atoms with Crippen LogP contribution < -0.4 is 10.5 Å². The number of halogens is 1. The predicted molar refractivity (Wildman–Crippen MR) is 72.6 cm³/mol. The van der Waals surface area contributed by atoms with E-state index in [1.807, 2.05) is 37.3 Å². The summed E-state index contributed by atoms with van der Waals surface area (Å²) in [7, 11) is 1.65. The summed E-state index contributed by atoms with van der Waals surface area (Å²) in [4.78, 5) is 0. The van der Waals surface area contributed by atoms with E-state index in [1.54, 1.807) is 13.2 Å². The molecule has 0 radical (unpaired) electrons. The number of nitrogen functional groups attached to an aromatic ring is 1.